The molecule has 1 aliphatic heterocycles. The van der Waals surface area contributed by atoms with Crippen molar-refractivity contribution >= 4 is 28.7 Å². The molecule has 0 radical (unpaired) electrons. The van der Waals surface area contributed by atoms with Crippen LogP contribution in [0.2, 0.25) is 5.15 Å². The highest BCUT2D eigenvalue weighted by atomic mass is 35.5. The number of aliphatic hydroxyl groups excluding tert-OH is 2. The van der Waals surface area contributed by atoms with E-state index in [1.807, 2.05) is 0 Å². The summed E-state index contributed by atoms with van der Waals surface area (Å²) in [6.45, 7) is -0.248. The number of hydrogen-bond acceptors (Lipinski definition) is 7. The van der Waals surface area contributed by atoms with Crippen molar-refractivity contribution in [2.75, 3.05) is 12.3 Å². The minimum Gasteiger partial charge on any atom is -0.394 e. The summed E-state index contributed by atoms with van der Waals surface area (Å²) in [5, 5.41) is 19.0. The van der Waals surface area contributed by atoms with E-state index in [2.05, 4.69) is 15.0 Å². The molecule has 19 heavy (non-hydrogen) atoms. The van der Waals surface area contributed by atoms with Gasteiger partial charge in [-0.1, -0.05) is 11.6 Å². The fraction of sp³-hybridized carbons (Fsp3) is 0.500. The van der Waals surface area contributed by atoms with E-state index in [0.717, 1.165) is 0 Å². The van der Waals surface area contributed by atoms with Gasteiger partial charge in [0, 0.05) is 6.42 Å². The second-order valence-electron chi connectivity index (χ2n) is 4.31. The van der Waals surface area contributed by atoms with Crippen molar-refractivity contribution in [2.24, 2.45) is 0 Å². The number of fused-ring (bicyclic) bond motifs is 1. The van der Waals surface area contributed by atoms with E-state index in [1.165, 1.54) is 6.33 Å². The third-order valence-electron chi connectivity index (χ3n) is 3.09. The monoisotopic (exact) mass is 285 g/mol. The van der Waals surface area contributed by atoms with E-state index in [4.69, 9.17) is 27.2 Å². The van der Waals surface area contributed by atoms with Gasteiger partial charge < -0.3 is 20.7 Å². The lowest BCUT2D eigenvalue weighted by Gasteiger charge is -2.13. The summed E-state index contributed by atoms with van der Waals surface area (Å²) < 4.78 is 7.16. The molecule has 0 aliphatic carbocycles. The van der Waals surface area contributed by atoms with E-state index in [1.54, 1.807) is 4.57 Å². The van der Waals surface area contributed by atoms with E-state index in [9.17, 15) is 5.11 Å². The highest BCUT2D eigenvalue weighted by Gasteiger charge is 2.35. The van der Waals surface area contributed by atoms with Gasteiger partial charge in [-0.05, 0) is 0 Å². The molecule has 0 amide bonds. The zero-order chi connectivity index (χ0) is 13.6. The zero-order valence-corrected chi connectivity index (χ0v) is 10.5. The average molecular weight is 286 g/mol. The maximum Gasteiger partial charge on any atom is 0.223 e. The van der Waals surface area contributed by atoms with Gasteiger partial charge in [-0.3, -0.25) is 4.57 Å². The molecule has 0 saturated carbocycles. The van der Waals surface area contributed by atoms with Gasteiger partial charge in [0.15, 0.2) is 10.8 Å². The van der Waals surface area contributed by atoms with Crippen molar-refractivity contribution < 1.29 is 14.9 Å². The Morgan fingerprint density at radius 2 is 2.32 bits per heavy atom. The molecule has 1 saturated heterocycles. The SMILES string of the molecule is Nc1nc(Cl)c2ncn([C@H]3CC(O)C(CO)O3)c2n1. The number of nitrogen functional groups attached to an aromatic ring is 1. The predicted molar refractivity (Wildman–Crippen MR) is 66.4 cm³/mol. The largest absolute Gasteiger partial charge is 0.394 e. The summed E-state index contributed by atoms with van der Waals surface area (Å²) in [6.07, 6.45) is 0.0155. The maximum atomic E-state index is 9.74. The van der Waals surface area contributed by atoms with E-state index < -0.39 is 18.4 Å². The molecule has 0 aromatic carbocycles. The van der Waals surface area contributed by atoms with Crippen LogP contribution >= 0.6 is 11.6 Å². The molecule has 1 fully saturated rings. The Kier molecular flexibility index (Phi) is 3.02. The van der Waals surface area contributed by atoms with Crippen molar-refractivity contribution in [1.82, 2.24) is 19.5 Å². The van der Waals surface area contributed by atoms with Crippen molar-refractivity contribution in [3.63, 3.8) is 0 Å². The van der Waals surface area contributed by atoms with Crippen LogP contribution in [0.25, 0.3) is 11.2 Å². The Labute approximate surface area is 112 Å². The summed E-state index contributed by atoms with van der Waals surface area (Å²) in [6, 6.07) is 0. The molecule has 0 spiro atoms. The highest BCUT2D eigenvalue weighted by molar-refractivity contribution is 6.33. The quantitative estimate of drug-likeness (QED) is 0.648. The summed E-state index contributed by atoms with van der Waals surface area (Å²) in [5.41, 5.74) is 6.41. The summed E-state index contributed by atoms with van der Waals surface area (Å²) in [5.74, 6) is 0.0384. The molecule has 102 valence electrons. The molecule has 3 atom stereocenters. The van der Waals surface area contributed by atoms with Gasteiger partial charge in [-0.25, -0.2) is 4.98 Å². The number of imidazole rings is 1. The van der Waals surface area contributed by atoms with Gasteiger partial charge in [-0.15, -0.1) is 0 Å². The van der Waals surface area contributed by atoms with Crippen LogP contribution in [0, 0.1) is 0 Å². The van der Waals surface area contributed by atoms with Crippen LogP contribution in [0.3, 0.4) is 0 Å². The molecule has 3 heterocycles. The number of aliphatic hydroxyl groups is 2. The molecule has 1 aliphatic rings. The van der Waals surface area contributed by atoms with Gasteiger partial charge in [-0.2, -0.15) is 9.97 Å². The van der Waals surface area contributed by atoms with Gasteiger partial charge in [0.2, 0.25) is 5.95 Å². The number of nitrogens with two attached hydrogens (primary N) is 1. The Hall–Kier alpha value is -1.48. The van der Waals surface area contributed by atoms with E-state index in [0.29, 0.717) is 17.6 Å². The Bertz CT molecular complexity index is 618. The minimum absolute atomic E-state index is 0.0384. The van der Waals surface area contributed by atoms with Crippen LogP contribution < -0.4 is 5.73 Å². The minimum atomic E-state index is -0.734. The van der Waals surface area contributed by atoms with Crippen LogP contribution in [0.15, 0.2) is 6.33 Å². The Morgan fingerprint density at radius 1 is 1.53 bits per heavy atom. The highest BCUT2D eigenvalue weighted by Crippen LogP contribution is 2.31. The van der Waals surface area contributed by atoms with Crippen LogP contribution in [-0.2, 0) is 4.74 Å². The first-order valence-electron chi connectivity index (χ1n) is 5.70. The van der Waals surface area contributed by atoms with Crippen molar-refractivity contribution in [3.8, 4) is 0 Å². The van der Waals surface area contributed by atoms with Crippen molar-refractivity contribution in [2.45, 2.75) is 24.9 Å². The maximum absolute atomic E-state index is 9.74. The van der Waals surface area contributed by atoms with Crippen LogP contribution in [0.1, 0.15) is 12.6 Å². The lowest BCUT2D eigenvalue weighted by Crippen LogP contribution is -2.24. The second kappa shape index (κ2) is 4.57. The summed E-state index contributed by atoms with van der Waals surface area (Å²) in [7, 11) is 0. The molecule has 8 nitrogen and oxygen atoms in total. The molecule has 2 aromatic heterocycles. The molecule has 3 rings (SSSR count). The lowest BCUT2D eigenvalue weighted by molar-refractivity contribution is -0.0432. The molecule has 4 N–H and O–H groups in total. The van der Waals surface area contributed by atoms with Crippen LogP contribution in [0.4, 0.5) is 5.95 Å². The summed E-state index contributed by atoms with van der Waals surface area (Å²) in [4.78, 5) is 12.0. The summed E-state index contributed by atoms with van der Waals surface area (Å²) >= 11 is 5.93. The predicted octanol–water partition coefficient (Wildman–Crippen LogP) is -0.297. The lowest BCUT2D eigenvalue weighted by atomic mass is 10.2. The Balaban J connectivity index is 2.02. The smallest absolute Gasteiger partial charge is 0.223 e. The first-order chi connectivity index (χ1) is 9.10. The van der Waals surface area contributed by atoms with Crippen LogP contribution in [0.5, 0.6) is 0 Å². The first-order valence-corrected chi connectivity index (χ1v) is 6.08. The number of ether oxygens (including phenoxy) is 1. The number of nitrogens with zero attached hydrogens (tertiary/aromatic N) is 4. The fourth-order valence-electron chi connectivity index (χ4n) is 2.16. The van der Waals surface area contributed by atoms with E-state index >= 15 is 0 Å². The zero-order valence-electron chi connectivity index (χ0n) is 9.77. The standard InChI is InChI=1S/C10H12ClN5O3/c11-8-7-9(15-10(12)14-8)16(3-13-7)6-1-4(18)5(2-17)19-6/h3-6,17-18H,1-2H2,(H2,12,14,15)/t4?,5?,6-/m1/s1. The van der Waals surface area contributed by atoms with Gasteiger partial charge in [0.05, 0.1) is 19.0 Å². The van der Waals surface area contributed by atoms with E-state index in [-0.39, 0.29) is 17.7 Å². The van der Waals surface area contributed by atoms with Gasteiger partial charge >= 0.3 is 0 Å². The number of halogens is 1. The molecular weight excluding hydrogens is 274 g/mol. The van der Waals surface area contributed by atoms with Crippen molar-refractivity contribution in [1.29, 1.82) is 0 Å². The number of hydrogen-bond donors (Lipinski definition) is 3. The Morgan fingerprint density at radius 3 is 3.00 bits per heavy atom. The first kappa shape index (κ1) is 12.5. The molecule has 2 aromatic rings. The third kappa shape index (κ3) is 2.02. The number of rotatable bonds is 2. The van der Waals surface area contributed by atoms with Crippen molar-refractivity contribution in [3.05, 3.63) is 11.5 Å². The molecular formula is C10H12ClN5O3. The average Bonchev–Trinajstić information content (AvgIpc) is 2.92. The van der Waals surface area contributed by atoms with Gasteiger partial charge in [0.25, 0.3) is 0 Å². The van der Waals surface area contributed by atoms with Crippen LogP contribution in [-0.4, -0.2) is 48.5 Å². The normalized spacial score (nSPS) is 27.2. The third-order valence-corrected chi connectivity index (χ3v) is 3.35. The second-order valence-corrected chi connectivity index (χ2v) is 4.67. The fourth-order valence-corrected chi connectivity index (χ4v) is 2.38. The topological polar surface area (TPSA) is 119 Å². The molecule has 0 bridgehead atoms. The van der Waals surface area contributed by atoms with Gasteiger partial charge in [0.1, 0.15) is 17.8 Å². The molecule has 2 unspecified atom stereocenters. The number of anilines is 1. The molecule has 9 heteroatoms. The number of aromatic nitrogens is 4.